The first-order valence-electron chi connectivity index (χ1n) is 7.75. The monoisotopic (exact) mass is 334 g/mol. The summed E-state index contributed by atoms with van der Waals surface area (Å²) in [5.41, 5.74) is 1.72. The first-order chi connectivity index (χ1) is 10.7. The van der Waals surface area contributed by atoms with Gasteiger partial charge >= 0.3 is 0 Å². The summed E-state index contributed by atoms with van der Waals surface area (Å²) in [6.07, 6.45) is 5.75. The van der Waals surface area contributed by atoms with Gasteiger partial charge < -0.3 is 10.6 Å². The molecule has 0 saturated carbocycles. The van der Waals surface area contributed by atoms with Crippen LogP contribution in [0, 0.1) is 5.41 Å². The minimum Gasteiger partial charge on any atom is -0.351 e. The Morgan fingerprint density at radius 1 is 1.39 bits per heavy atom. The molecule has 0 bridgehead atoms. The summed E-state index contributed by atoms with van der Waals surface area (Å²) >= 11 is 0. The summed E-state index contributed by atoms with van der Waals surface area (Å²) in [4.78, 5) is 12.4. The van der Waals surface area contributed by atoms with E-state index in [1.54, 1.807) is 6.20 Å². The largest absolute Gasteiger partial charge is 0.351 e. The van der Waals surface area contributed by atoms with Crippen molar-refractivity contribution >= 4 is 18.3 Å². The zero-order valence-corrected chi connectivity index (χ0v) is 14.1. The van der Waals surface area contributed by atoms with E-state index >= 15 is 0 Å². The number of amides is 1. The van der Waals surface area contributed by atoms with Gasteiger partial charge in [0.15, 0.2) is 0 Å². The second kappa shape index (κ2) is 7.62. The molecule has 0 aliphatic carbocycles. The Labute approximate surface area is 142 Å². The van der Waals surface area contributed by atoms with Crippen molar-refractivity contribution in [3.8, 4) is 5.69 Å². The molecule has 1 unspecified atom stereocenters. The Morgan fingerprint density at radius 2 is 2.17 bits per heavy atom. The summed E-state index contributed by atoms with van der Waals surface area (Å²) in [5.74, 6) is 0.118. The summed E-state index contributed by atoms with van der Waals surface area (Å²) < 4.78 is 1.82. The molecule has 2 aromatic rings. The molecular formula is C17H23ClN4O. The van der Waals surface area contributed by atoms with E-state index in [0.717, 1.165) is 37.2 Å². The lowest BCUT2D eigenvalue weighted by atomic mass is 9.82. The summed E-state index contributed by atoms with van der Waals surface area (Å²) in [6, 6.07) is 9.95. The Balaban J connectivity index is 0.00000192. The number of carbonyl (C=O) groups is 1. The van der Waals surface area contributed by atoms with Crippen LogP contribution in [0.5, 0.6) is 0 Å². The maximum atomic E-state index is 12.4. The fourth-order valence-corrected chi connectivity index (χ4v) is 2.82. The smallest absolute Gasteiger partial charge is 0.227 e. The van der Waals surface area contributed by atoms with E-state index in [9.17, 15) is 4.79 Å². The Bertz CT molecular complexity index is 635. The van der Waals surface area contributed by atoms with Crippen LogP contribution in [0.4, 0.5) is 0 Å². The number of halogens is 1. The zero-order valence-electron chi connectivity index (χ0n) is 13.3. The highest BCUT2D eigenvalue weighted by molar-refractivity contribution is 5.85. The van der Waals surface area contributed by atoms with Crippen LogP contribution in [0.3, 0.4) is 0 Å². The van der Waals surface area contributed by atoms with Crippen LogP contribution in [0.2, 0.25) is 0 Å². The molecule has 1 amide bonds. The molecule has 5 nitrogen and oxygen atoms in total. The van der Waals surface area contributed by atoms with Gasteiger partial charge in [-0.3, -0.25) is 4.79 Å². The molecule has 1 fully saturated rings. The number of nitrogens with one attached hydrogen (secondary N) is 2. The molecule has 1 saturated heterocycles. The van der Waals surface area contributed by atoms with E-state index in [2.05, 4.69) is 15.7 Å². The SMILES string of the molecule is CC1(C(=O)NCc2cnn(-c3ccccc3)c2)CCCNC1.Cl. The van der Waals surface area contributed by atoms with Gasteiger partial charge in [0.25, 0.3) is 0 Å². The average Bonchev–Trinajstić information content (AvgIpc) is 3.03. The number of rotatable bonds is 4. The molecule has 3 rings (SSSR count). The van der Waals surface area contributed by atoms with Gasteiger partial charge in [-0.2, -0.15) is 5.10 Å². The molecule has 2 N–H and O–H groups in total. The van der Waals surface area contributed by atoms with Gasteiger partial charge in [0.05, 0.1) is 17.3 Å². The van der Waals surface area contributed by atoms with Crippen molar-refractivity contribution in [3.05, 3.63) is 48.3 Å². The minimum atomic E-state index is -0.298. The van der Waals surface area contributed by atoms with Crippen LogP contribution in [-0.4, -0.2) is 28.8 Å². The van der Waals surface area contributed by atoms with Crippen LogP contribution in [0.15, 0.2) is 42.7 Å². The van der Waals surface area contributed by atoms with Crippen molar-refractivity contribution in [2.75, 3.05) is 13.1 Å². The normalized spacial score (nSPS) is 20.6. The van der Waals surface area contributed by atoms with Crippen molar-refractivity contribution in [3.63, 3.8) is 0 Å². The Hall–Kier alpha value is -1.85. The van der Waals surface area contributed by atoms with Crippen LogP contribution in [0.25, 0.3) is 5.69 Å². The van der Waals surface area contributed by atoms with Crippen molar-refractivity contribution < 1.29 is 4.79 Å². The van der Waals surface area contributed by atoms with Crippen LogP contribution in [-0.2, 0) is 11.3 Å². The topological polar surface area (TPSA) is 59.0 Å². The van der Waals surface area contributed by atoms with Crippen molar-refractivity contribution in [2.24, 2.45) is 5.41 Å². The van der Waals surface area contributed by atoms with Gasteiger partial charge in [-0.25, -0.2) is 4.68 Å². The Kier molecular flexibility index (Phi) is 5.80. The molecule has 23 heavy (non-hydrogen) atoms. The first-order valence-corrected chi connectivity index (χ1v) is 7.75. The van der Waals surface area contributed by atoms with Crippen molar-refractivity contribution in [1.82, 2.24) is 20.4 Å². The van der Waals surface area contributed by atoms with E-state index < -0.39 is 0 Å². The van der Waals surface area contributed by atoms with E-state index in [0.29, 0.717) is 6.54 Å². The number of aromatic nitrogens is 2. The van der Waals surface area contributed by atoms with Gasteiger partial charge in [-0.15, -0.1) is 12.4 Å². The van der Waals surface area contributed by atoms with Gasteiger partial charge in [0.2, 0.25) is 5.91 Å². The number of hydrogen-bond donors (Lipinski definition) is 2. The van der Waals surface area contributed by atoms with Gasteiger partial charge in [0, 0.05) is 24.8 Å². The van der Waals surface area contributed by atoms with Crippen molar-refractivity contribution in [2.45, 2.75) is 26.3 Å². The molecule has 1 aromatic heterocycles. The fraction of sp³-hybridized carbons (Fsp3) is 0.412. The highest BCUT2D eigenvalue weighted by Gasteiger charge is 2.34. The van der Waals surface area contributed by atoms with Crippen molar-refractivity contribution in [1.29, 1.82) is 0 Å². The van der Waals surface area contributed by atoms with Crippen LogP contribution >= 0.6 is 12.4 Å². The lowest BCUT2D eigenvalue weighted by Crippen LogP contribution is -2.48. The average molecular weight is 335 g/mol. The third-order valence-corrected chi connectivity index (χ3v) is 4.26. The van der Waals surface area contributed by atoms with E-state index in [1.165, 1.54) is 0 Å². The van der Waals surface area contributed by atoms with E-state index in [-0.39, 0.29) is 23.7 Å². The number of carbonyl (C=O) groups excluding carboxylic acids is 1. The molecule has 1 atom stereocenters. The lowest BCUT2D eigenvalue weighted by Gasteiger charge is -2.32. The molecule has 1 aliphatic heterocycles. The standard InChI is InChI=1S/C17H22N4O.ClH/c1-17(8-5-9-18-13-17)16(22)19-10-14-11-20-21(12-14)15-6-3-2-4-7-15;/h2-4,6-7,11-12,18H,5,8-10,13H2,1H3,(H,19,22);1H. The van der Waals surface area contributed by atoms with E-state index in [1.807, 2.05) is 48.1 Å². The van der Waals surface area contributed by atoms with Crippen LogP contribution < -0.4 is 10.6 Å². The maximum absolute atomic E-state index is 12.4. The third-order valence-electron chi connectivity index (χ3n) is 4.26. The second-order valence-electron chi connectivity index (χ2n) is 6.15. The molecule has 1 aromatic carbocycles. The predicted molar refractivity (Wildman–Crippen MR) is 92.9 cm³/mol. The van der Waals surface area contributed by atoms with Gasteiger partial charge in [0.1, 0.15) is 0 Å². The van der Waals surface area contributed by atoms with E-state index in [4.69, 9.17) is 0 Å². The zero-order chi connectivity index (χ0) is 15.4. The number of piperidine rings is 1. The maximum Gasteiger partial charge on any atom is 0.227 e. The van der Waals surface area contributed by atoms with Crippen LogP contribution in [0.1, 0.15) is 25.3 Å². The molecule has 124 valence electrons. The molecule has 1 aliphatic rings. The molecule has 0 spiro atoms. The van der Waals surface area contributed by atoms with Gasteiger partial charge in [-0.05, 0) is 38.4 Å². The first kappa shape index (κ1) is 17.5. The molecular weight excluding hydrogens is 312 g/mol. The fourth-order valence-electron chi connectivity index (χ4n) is 2.82. The predicted octanol–water partition coefficient (Wildman–Crippen LogP) is 2.30. The van der Waals surface area contributed by atoms with Gasteiger partial charge in [-0.1, -0.05) is 18.2 Å². The third kappa shape index (κ3) is 4.12. The number of benzene rings is 1. The summed E-state index contributed by atoms with van der Waals surface area (Å²) in [7, 11) is 0. The Morgan fingerprint density at radius 3 is 2.87 bits per heavy atom. The number of para-hydroxylation sites is 1. The molecule has 6 heteroatoms. The quantitative estimate of drug-likeness (QED) is 0.902. The highest BCUT2D eigenvalue weighted by atomic mass is 35.5. The molecule has 2 heterocycles. The summed E-state index contributed by atoms with van der Waals surface area (Å²) in [5, 5.41) is 10.7. The lowest BCUT2D eigenvalue weighted by molar-refractivity contribution is -0.131. The molecule has 0 radical (unpaired) electrons. The number of hydrogen-bond acceptors (Lipinski definition) is 3. The minimum absolute atomic E-state index is 0. The highest BCUT2D eigenvalue weighted by Crippen LogP contribution is 2.25. The second-order valence-corrected chi connectivity index (χ2v) is 6.15. The number of nitrogens with zero attached hydrogens (tertiary/aromatic N) is 2. The summed E-state index contributed by atoms with van der Waals surface area (Å²) in [6.45, 7) is 4.30.